The third-order valence-corrected chi connectivity index (χ3v) is 7.11. The lowest BCUT2D eigenvalue weighted by Crippen LogP contribution is -2.59. The van der Waals surface area contributed by atoms with Crippen LogP contribution in [0.25, 0.3) is 11.4 Å². The normalized spacial score (nSPS) is 23.9. The maximum Gasteiger partial charge on any atom is 0.408 e. The van der Waals surface area contributed by atoms with Crippen LogP contribution in [-0.2, 0) is 14.3 Å². The summed E-state index contributed by atoms with van der Waals surface area (Å²) >= 11 is 0. The summed E-state index contributed by atoms with van der Waals surface area (Å²) in [6.45, 7) is 6.42. The minimum Gasteiger partial charge on any atom is -0.444 e. The number of rotatable bonds is 6. The molecule has 0 aliphatic carbocycles. The van der Waals surface area contributed by atoms with E-state index < -0.39 is 29.8 Å². The van der Waals surface area contributed by atoms with Gasteiger partial charge in [-0.05, 0) is 69.5 Å². The molecule has 4 atom stereocenters. The van der Waals surface area contributed by atoms with Gasteiger partial charge in [-0.2, -0.15) is 10.5 Å². The number of nitrogens with one attached hydrogen (secondary N) is 2. The maximum atomic E-state index is 13.5. The molecule has 200 valence electrons. The lowest BCUT2D eigenvalue weighted by molar-refractivity contribution is -0.135. The Labute approximate surface area is 220 Å². The van der Waals surface area contributed by atoms with Crippen LogP contribution in [0.1, 0.15) is 40.0 Å². The van der Waals surface area contributed by atoms with Crippen LogP contribution in [0.5, 0.6) is 0 Å². The number of benzene rings is 1. The van der Waals surface area contributed by atoms with Crippen LogP contribution in [0, 0.1) is 11.3 Å². The number of aromatic nitrogens is 4. The molecule has 3 saturated heterocycles. The number of hydrogen-bond acceptors (Lipinski definition) is 9. The van der Waals surface area contributed by atoms with Crippen LogP contribution < -0.4 is 10.2 Å². The minimum atomic E-state index is -0.936. The van der Waals surface area contributed by atoms with Crippen molar-refractivity contribution in [2.24, 2.45) is 0 Å². The number of amides is 3. The Morgan fingerprint density at radius 3 is 2.68 bits per heavy atom. The van der Waals surface area contributed by atoms with E-state index in [1.54, 1.807) is 25.7 Å². The number of aromatic amines is 1. The van der Waals surface area contributed by atoms with Gasteiger partial charge < -0.3 is 19.9 Å². The van der Waals surface area contributed by atoms with Crippen molar-refractivity contribution in [3.63, 3.8) is 0 Å². The molecule has 3 aliphatic rings. The molecule has 2 aromatic rings. The molecule has 1 aromatic carbocycles. The predicted octanol–water partition coefficient (Wildman–Crippen LogP) is 1.06. The van der Waals surface area contributed by atoms with E-state index in [1.165, 1.54) is 4.90 Å². The number of fused-ring (bicyclic) bond motifs is 2. The highest BCUT2D eigenvalue weighted by molar-refractivity contribution is 6.01. The van der Waals surface area contributed by atoms with E-state index in [4.69, 9.17) is 4.74 Å². The van der Waals surface area contributed by atoms with Gasteiger partial charge in [-0.15, -0.1) is 10.2 Å². The number of likely N-dealkylation sites (tertiary alicyclic amines) is 2. The number of carbonyl (C=O) groups is 3. The van der Waals surface area contributed by atoms with Gasteiger partial charge in [0, 0.05) is 30.9 Å². The van der Waals surface area contributed by atoms with Gasteiger partial charge in [-0.1, -0.05) is 0 Å². The van der Waals surface area contributed by atoms with E-state index in [0.717, 1.165) is 17.7 Å². The van der Waals surface area contributed by atoms with Crippen molar-refractivity contribution in [1.29, 1.82) is 5.26 Å². The SMILES string of the molecule is CC(C)(C)OC(=O)N[C@@H](CN1C[C@H]2C[C@@H]1C(=O)N2c1ccc(-c2nn[nH]n2)cc1)C(=O)N1CCC[C@H]1C#N. The largest absolute Gasteiger partial charge is 0.444 e. The van der Waals surface area contributed by atoms with E-state index >= 15 is 0 Å². The van der Waals surface area contributed by atoms with Gasteiger partial charge in [0.25, 0.3) is 0 Å². The Morgan fingerprint density at radius 1 is 1.29 bits per heavy atom. The number of tetrazole rings is 1. The minimum absolute atomic E-state index is 0.0481. The number of nitriles is 1. The molecule has 13 heteroatoms. The second kappa shape index (κ2) is 10.0. The molecule has 1 aromatic heterocycles. The number of piperazine rings is 1. The number of ether oxygens (including phenoxy) is 1. The summed E-state index contributed by atoms with van der Waals surface area (Å²) < 4.78 is 5.40. The Balaban J connectivity index is 1.29. The van der Waals surface area contributed by atoms with Crippen molar-refractivity contribution in [3.8, 4) is 17.5 Å². The summed E-state index contributed by atoms with van der Waals surface area (Å²) in [5.74, 6) is 0.0963. The van der Waals surface area contributed by atoms with Crippen LogP contribution in [0.3, 0.4) is 0 Å². The van der Waals surface area contributed by atoms with Crippen molar-refractivity contribution >= 4 is 23.6 Å². The fourth-order valence-electron chi connectivity index (χ4n) is 5.49. The Bertz CT molecular complexity index is 1240. The van der Waals surface area contributed by atoms with Crippen molar-refractivity contribution in [1.82, 2.24) is 35.7 Å². The van der Waals surface area contributed by atoms with E-state index in [0.29, 0.717) is 31.8 Å². The molecule has 4 heterocycles. The molecule has 13 nitrogen and oxygen atoms in total. The number of hydrogen-bond donors (Lipinski definition) is 2. The quantitative estimate of drug-likeness (QED) is 0.566. The molecule has 3 amide bonds. The summed E-state index contributed by atoms with van der Waals surface area (Å²) in [7, 11) is 0. The van der Waals surface area contributed by atoms with Crippen LogP contribution >= 0.6 is 0 Å². The molecular formula is C25H31N9O4. The van der Waals surface area contributed by atoms with Crippen LogP contribution in [0.15, 0.2) is 24.3 Å². The molecule has 2 bridgehead atoms. The summed E-state index contributed by atoms with van der Waals surface area (Å²) in [6, 6.07) is 7.68. The van der Waals surface area contributed by atoms with E-state index in [9.17, 15) is 19.6 Å². The highest BCUT2D eigenvalue weighted by atomic mass is 16.6. The molecule has 0 unspecified atom stereocenters. The number of nitrogens with zero attached hydrogens (tertiary/aromatic N) is 7. The first-order chi connectivity index (χ1) is 18.1. The van der Waals surface area contributed by atoms with Gasteiger partial charge in [0.05, 0.1) is 18.2 Å². The first-order valence-corrected chi connectivity index (χ1v) is 12.8. The van der Waals surface area contributed by atoms with Crippen molar-refractivity contribution in [2.75, 3.05) is 24.5 Å². The average Bonchev–Trinajstić information content (AvgIpc) is 3.66. The zero-order valence-corrected chi connectivity index (χ0v) is 21.6. The second-order valence-corrected chi connectivity index (χ2v) is 10.9. The highest BCUT2D eigenvalue weighted by Gasteiger charge is 2.51. The van der Waals surface area contributed by atoms with Crippen LogP contribution in [0.4, 0.5) is 10.5 Å². The zero-order chi connectivity index (χ0) is 27.0. The van der Waals surface area contributed by atoms with Gasteiger partial charge in [0.15, 0.2) is 0 Å². The Morgan fingerprint density at radius 2 is 2.05 bits per heavy atom. The molecular weight excluding hydrogens is 490 g/mol. The highest BCUT2D eigenvalue weighted by Crippen LogP contribution is 2.36. The molecule has 38 heavy (non-hydrogen) atoms. The van der Waals surface area contributed by atoms with Crippen LogP contribution in [0.2, 0.25) is 0 Å². The molecule has 5 rings (SSSR count). The van der Waals surface area contributed by atoms with Crippen molar-refractivity contribution in [2.45, 2.75) is 69.8 Å². The summed E-state index contributed by atoms with van der Waals surface area (Å²) in [4.78, 5) is 44.8. The van der Waals surface area contributed by atoms with Crippen LogP contribution in [-0.4, -0.2) is 97.7 Å². The molecule has 0 spiro atoms. The van der Waals surface area contributed by atoms with Crippen molar-refractivity contribution < 1.29 is 19.1 Å². The zero-order valence-electron chi connectivity index (χ0n) is 21.6. The van der Waals surface area contributed by atoms with Gasteiger partial charge in [0.2, 0.25) is 17.6 Å². The fraction of sp³-hybridized carbons (Fsp3) is 0.560. The molecule has 0 radical (unpaired) electrons. The van der Waals surface area contributed by atoms with Crippen molar-refractivity contribution in [3.05, 3.63) is 24.3 Å². The Hall–Kier alpha value is -4.05. The predicted molar refractivity (Wildman–Crippen MR) is 134 cm³/mol. The molecule has 3 aliphatic heterocycles. The van der Waals surface area contributed by atoms with E-state index in [1.807, 2.05) is 29.2 Å². The van der Waals surface area contributed by atoms with Gasteiger partial charge in [-0.25, -0.2) is 4.79 Å². The molecule has 0 saturated carbocycles. The monoisotopic (exact) mass is 521 g/mol. The van der Waals surface area contributed by atoms with Gasteiger partial charge >= 0.3 is 6.09 Å². The lowest BCUT2D eigenvalue weighted by atomic mass is 10.1. The summed E-state index contributed by atoms with van der Waals surface area (Å²) in [5, 5.41) is 26.1. The number of alkyl carbamates (subject to hydrolysis) is 1. The number of H-pyrrole nitrogens is 1. The summed E-state index contributed by atoms with van der Waals surface area (Å²) in [6.07, 6.45) is 1.26. The first-order valence-electron chi connectivity index (χ1n) is 12.8. The molecule has 3 fully saturated rings. The fourth-order valence-corrected chi connectivity index (χ4v) is 5.49. The smallest absolute Gasteiger partial charge is 0.408 e. The van der Waals surface area contributed by atoms with E-state index in [-0.39, 0.29) is 24.4 Å². The number of anilines is 1. The number of carbonyl (C=O) groups excluding carboxylic acids is 3. The van der Waals surface area contributed by atoms with E-state index in [2.05, 4.69) is 32.0 Å². The molecule has 2 N–H and O–H groups in total. The first kappa shape index (κ1) is 25.6. The topological polar surface area (TPSA) is 160 Å². The third-order valence-electron chi connectivity index (χ3n) is 7.11. The average molecular weight is 522 g/mol. The summed E-state index contributed by atoms with van der Waals surface area (Å²) in [5.41, 5.74) is 0.833. The van der Waals surface area contributed by atoms with Gasteiger partial charge in [0.1, 0.15) is 17.7 Å². The Kier molecular flexibility index (Phi) is 6.75. The maximum absolute atomic E-state index is 13.5. The lowest BCUT2D eigenvalue weighted by Gasteiger charge is -2.36. The third kappa shape index (κ3) is 5.04. The standard InChI is InChI=1S/C25H31N9O4/c1-25(2,3)38-24(37)27-19(22(35)33-10-4-5-17(33)12-26)14-32-13-18-11-20(32)23(36)34(18)16-8-6-15(7-9-16)21-28-30-31-29-21/h6-9,17-20H,4-5,10-11,13-14H2,1-3H3,(H,27,37)(H,28,29,30,31)/t17-,18+,19-,20+/m0/s1. The van der Waals surface area contributed by atoms with Gasteiger partial charge in [-0.3, -0.25) is 14.5 Å². The second-order valence-electron chi connectivity index (χ2n) is 10.9.